The fourth-order valence-electron chi connectivity index (χ4n) is 3.54. The molecule has 37 heavy (non-hydrogen) atoms. The van der Waals surface area contributed by atoms with E-state index in [9.17, 15) is 19.2 Å². The molecule has 3 aromatic rings. The van der Waals surface area contributed by atoms with E-state index >= 15 is 0 Å². The Morgan fingerprint density at radius 2 is 1.68 bits per heavy atom. The Hall–Kier alpha value is -3.90. The van der Waals surface area contributed by atoms with E-state index < -0.39 is 17.8 Å². The zero-order chi connectivity index (χ0) is 26.0. The van der Waals surface area contributed by atoms with E-state index in [-0.39, 0.29) is 38.3 Å². The third kappa shape index (κ3) is 5.59. The molecule has 10 nitrogen and oxygen atoms in total. The second kappa shape index (κ2) is 11.4. The Morgan fingerprint density at radius 1 is 1.03 bits per heavy atom. The number of amidine groups is 1. The summed E-state index contributed by atoms with van der Waals surface area (Å²) in [5.74, 6) is -1.41. The van der Waals surface area contributed by atoms with Gasteiger partial charge in [-0.3, -0.25) is 24.0 Å². The number of esters is 1. The molecular weight excluding hydrogens is 562 g/mol. The lowest BCUT2D eigenvalue weighted by atomic mass is 10.2. The summed E-state index contributed by atoms with van der Waals surface area (Å²) in [6, 6.07) is 15.3. The average molecular weight is 585 g/mol. The number of rotatable bonds is 5. The molecule has 1 saturated heterocycles. The van der Waals surface area contributed by atoms with E-state index in [0.717, 1.165) is 11.8 Å². The van der Waals surface area contributed by atoms with Crippen LogP contribution in [0.4, 0.5) is 11.4 Å². The van der Waals surface area contributed by atoms with Gasteiger partial charge in [-0.2, -0.15) is 0 Å². The number of thioether (sulfide) groups is 1. The Kier molecular flexibility index (Phi) is 8.56. The van der Waals surface area contributed by atoms with Gasteiger partial charge in [-0.1, -0.05) is 18.2 Å². The van der Waals surface area contributed by atoms with Crippen molar-refractivity contribution in [3.05, 3.63) is 87.2 Å². The van der Waals surface area contributed by atoms with Crippen molar-refractivity contribution in [3.63, 3.8) is 0 Å². The molecule has 12 heteroatoms. The Morgan fingerprint density at radius 3 is 2.30 bits per heavy atom. The molecule has 192 valence electrons. The van der Waals surface area contributed by atoms with Crippen molar-refractivity contribution in [2.75, 3.05) is 19.5 Å². The lowest BCUT2D eigenvalue weighted by Gasteiger charge is -2.07. The largest absolute Gasteiger partial charge is 1.00 e. The van der Waals surface area contributed by atoms with Gasteiger partial charge >= 0.3 is 5.97 Å². The van der Waals surface area contributed by atoms with Gasteiger partial charge in [0.2, 0.25) is 5.91 Å². The summed E-state index contributed by atoms with van der Waals surface area (Å²) >= 11 is 1.01. The standard InChI is InChI=1S/C25H23N5O5S.BrH/c1-15-21(23(33)30(29(15)3)18-8-6-5-7-9-18)27-25-28(2)22(32)19(36-25)14-20(31)26-17-12-10-16(11-13-17)24(34)35-4;/h5-14H,1-4H3,(H,26,31);1H/p-1/b19-14+,27-25?;. The van der Waals surface area contributed by atoms with Crippen LogP contribution in [0.25, 0.3) is 5.69 Å². The van der Waals surface area contributed by atoms with Gasteiger partial charge in [0.05, 0.1) is 29.0 Å². The van der Waals surface area contributed by atoms with Crippen LogP contribution in [0.3, 0.4) is 0 Å². The predicted octanol–water partition coefficient (Wildman–Crippen LogP) is -0.00968. The first-order valence-corrected chi connectivity index (χ1v) is 11.6. The fraction of sp³-hybridized carbons (Fsp3) is 0.160. The summed E-state index contributed by atoms with van der Waals surface area (Å²) in [4.78, 5) is 55.9. The number of para-hydroxylation sites is 1. The van der Waals surface area contributed by atoms with Crippen molar-refractivity contribution < 1.29 is 36.1 Å². The summed E-state index contributed by atoms with van der Waals surface area (Å²) in [6.45, 7) is 1.78. The Labute approximate surface area is 227 Å². The van der Waals surface area contributed by atoms with Crippen LogP contribution in [0.15, 0.2) is 75.4 Å². The topological polar surface area (TPSA) is 115 Å². The monoisotopic (exact) mass is 584 g/mol. The molecule has 2 aromatic carbocycles. The predicted molar refractivity (Wildman–Crippen MR) is 138 cm³/mol. The first kappa shape index (κ1) is 27.7. The highest BCUT2D eigenvalue weighted by Crippen LogP contribution is 2.32. The molecule has 0 radical (unpaired) electrons. The van der Waals surface area contributed by atoms with Crippen molar-refractivity contribution >= 4 is 46.1 Å². The molecule has 1 fully saturated rings. The molecule has 0 bridgehead atoms. The number of carbonyl (C=O) groups is 3. The summed E-state index contributed by atoms with van der Waals surface area (Å²) < 4.78 is 7.86. The van der Waals surface area contributed by atoms with Crippen LogP contribution in [0.1, 0.15) is 16.1 Å². The van der Waals surface area contributed by atoms with Crippen LogP contribution in [-0.2, 0) is 21.4 Å². The molecule has 0 aliphatic carbocycles. The van der Waals surface area contributed by atoms with Gasteiger partial charge in [-0.05, 0) is 55.1 Å². The SMILES string of the molecule is COC(=O)c1ccc(NC(=O)/C=C2/SC(=Nc3c(C)n(C)n(-c4ccccc4)c3=O)N(C)C2=O)cc1.[Br-]. The number of nitrogens with one attached hydrogen (secondary N) is 1. The van der Waals surface area contributed by atoms with E-state index in [1.54, 1.807) is 30.8 Å². The zero-order valence-corrected chi connectivity index (χ0v) is 22.8. The van der Waals surface area contributed by atoms with Crippen LogP contribution in [-0.4, -0.2) is 51.4 Å². The van der Waals surface area contributed by atoms with Crippen LogP contribution in [0.2, 0.25) is 0 Å². The Bertz CT molecular complexity index is 1480. The highest BCUT2D eigenvalue weighted by molar-refractivity contribution is 8.18. The number of nitrogens with zero attached hydrogens (tertiary/aromatic N) is 4. The second-order valence-corrected chi connectivity index (χ2v) is 8.85. The number of benzene rings is 2. The molecule has 1 N–H and O–H groups in total. The maximum absolute atomic E-state index is 13.1. The highest BCUT2D eigenvalue weighted by atomic mass is 79.9. The molecule has 1 aromatic heterocycles. The van der Waals surface area contributed by atoms with Crippen molar-refractivity contribution in [3.8, 4) is 5.69 Å². The molecule has 2 amide bonds. The van der Waals surface area contributed by atoms with Gasteiger partial charge < -0.3 is 27.0 Å². The third-order valence-corrected chi connectivity index (χ3v) is 6.63. The molecule has 0 unspecified atom stereocenters. The summed E-state index contributed by atoms with van der Waals surface area (Å²) in [6.07, 6.45) is 1.18. The van der Waals surface area contributed by atoms with Crippen LogP contribution < -0.4 is 27.9 Å². The number of hydrogen-bond donors (Lipinski definition) is 1. The van der Waals surface area contributed by atoms with Crippen molar-refractivity contribution in [2.24, 2.45) is 12.0 Å². The van der Waals surface area contributed by atoms with E-state index in [4.69, 9.17) is 0 Å². The number of ether oxygens (including phenoxy) is 1. The quantitative estimate of drug-likeness (QED) is 0.333. The van der Waals surface area contributed by atoms with Crippen LogP contribution in [0.5, 0.6) is 0 Å². The normalized spacial score (nSPS) is 15.1. The van der Waals surface area contributed by atoms with Gasteiger partial charge in [-0.25, -0.2) is 14.5 Å². The maximum atomic E-state index is 13.1. The number of hydrogen-bond acceptors (Lipinski definition) is 7. The number of likely N-dealkylation sites (N-methyl/N-ethyl adjacent to an activating group) is 1. The number of carbonyl (C=O) groups excluding carboxylic acids is 3. The highest BCUT2D eigenvalue weighted by Gasteiger charge is 2.32. The number of aromatic nitrogens is 2. The van der Waals surface area contributed by atoms with Gasteiger partial charge in [0.25, 0.3) is 11.5 Å². The lowest BCUT2D eigenvalue weighted by molar-refractivity contribution is -0.121. The van der Waals surface area contributed by atoms with Crippen molar-refractivity contribution in [1.82, 2.24) is 14.3 Å². The molecule has 1 aliphatic heterocycles. The maximum Gasteiger partial charge on any atom is 0.337 e. The van der Waals surface area contributed by atoms with Gasteiger partial charge in [0.1, 0.15) is 0 Å². The smallest absolute Gasteiger partial charge is 0.337 e. The van der Waals surface area contributed by atoms with E-state index in [1.807, 2.05) is 30.3 Å². The number of amides is 2. The van der Waals surface area contributed by atoms with Crippen LogP contribution in [0, 0.1) is 6.92 Å². The van der Waals surface area contributed by atoms with Gasteiger partial charge in [-0.15, -0.1) is 0 Å². The summed E-state index contributed by atoms with van der Waals surface area (Å²) in [5.41, 5.74) is 2.01. The number of aliphatic imine (C=N–C) groups is 1. The molecule has 0 atom stereocenters. The van der Waals surface area contributed by atoms with E-state index in [1.165, 1.54) is 41.9 Å². The molecule has 2 heterocycles. The van der Waals surface area contributed by atoms with E-state index in [2.05, 4.69) is 15.0 Å². The molecule has 0 saturated carbocycles. The van der Waals surface area contributed by atoms with Gasteiger partial charge in [0.15, 0.2) is 10.9 Å². The molecule has 0 spiro atoms. The summed E-state index contributed by atoms with van der Waals surface area (Å²) in [7, 11) is 4.58. The van der Waals surface area contributed by atoms with E-state index in [0.29, 0.717) is 22.6 Å². The van der Waals surface area contributed by atoms with Crippen LogP contribution >= 0.6 is 11.8 Å². The fourth-order valence-corrected chi connectivity index (χ4v) is 4.48. The van der Waals surface area contributed by atoms with Crippen molar-refractivity contribution in [1.29, 1.82) is 0 Å². The Balaban J connectivity index is 0.00000380. The number of methoxy groups -OCH3 is 1. The molecule has 1 aliphatic rings. The molecular formula is C25H23BrN5O5S-. The minimum absolute atomic E-state index is 0. The first-order chi connectivity index (χ1) is 17.2. The third-order valence-electron chi connectivity index (χ3n) is 5.57. The average Bonchev–Trinajstić information content (AvgIpc) is 3.26. The van der Waals surface area contributed by atoms with Gasteiger partial charge in [0, 0.05) is 25.9 Å². The number of anilines is 1. The first-order valence-electron chi connectivity index (χ1n) is 10.8. The minimum Gasteiger partial charge on any atom is -1.00 e. The number of halogens is 1. The lowest BCUT2D eigenvalue weighted by Crippen LogP contribution is -3.00. The minimum atomic E-state index is -0.520. The zero-order valence-electron chi connectivity index (χ0n) is 20.4. The molecule has 4 rings (SSSR count). The second-order valence-electron chi connectivity index (χ2n) is 7.84. The van der Waals surface area contributed by atoms with Crippen molar-refractivity contribution in [2.45, 2.75) is 6.92 Å². The summed E-state index contributed by atoms with van der Waals surface area (Å²) in [5, 5.41) is 2.94.